The fraction of sp³-hybridized carbons (Fsp3) is 0.833. The van der Waals surface area contributed by atoms with Gasteiger partial charge in [0.2, 0.25) is 5.91 Å². The average Bonchev–Trinajstić information content (AvgIpc) is 2.30. The predicted molar refractivity (Wildman–Crippen MR) is 77.6 cm³/mol. The summed E-state index contributed by atoms with van der Waals surface area (Å²) in [5.41, 5.74) is 0. The molecule has 0 heterocycles. The van der Waals surface area contributed by atoms with E-state index in [0.717, 1.165) is 13.1 Å². The third kappa shape index (κ3) is 7.45. The predicted octanol–water partition coefficient (Wildman–Crippen LogP) is 0.744. The maximum atomic E-state index is 11.7. The molecule has 1 unspecified atom stereocenters. The second-order valence-electron chi connectivity index (χ2n) is 4.07. The van der Waals surface area contributed by atoms with Gasteiger partial charge in [-0.05, 0) is 33.0 Å². The summed E-state index contributed by atoms with van der Waals surface area (Å²) in [4.78, 5) is 13.5. The molecule has 0 aliphatic heterocycles. The SMILES string of the molecule is CCN(CC)C(=O)CCNC(=S)NC(C)COC. The number of hydrogen-bond donors (Lipinski definition) is 2. The Morgan fingerprint density at radius 3 is 2.50 bits per heavy atom. The molecule has 2 N–H and O–H groups in total. The number of nitrogens with one attached hydrogen (secondary N) is 2. The molecule has 0 fully saturated rings. The molecular formula is C12H25N3O2S. The van der Waals surface area contributed by atoms with Crippen molar-refractivity contribution in [1.29, 1.82) is 0 Å². The van der Waals surface area contributed by atoms with Crippen molar-refractivity contribution in [2.24, 2.45) is 0 Å². The van der Waals surface area contributed by atoms with Crippen LogP contribution in [-0.2, 0) is 9.53 Å². The summed E-state index contributed by atoms with van der Waals surface area (Å²) in [6.07, 6.45) is 0.460. The molecule has 0 aromatic heterocycles. The minimum Gasteiger partial charge on any atom is -0.383 e. The monoisotopic (exact) mass is 275 g/mol. The third-order valence-electron chi connectivity index (χ3n) is 2.53. The van der Waals surface area contributed by atoms with Gasteiger partial charge in [0, 0.05) is 39.2 Å². The molecule has 5 nitrogen and oxygen atoms in total. The minimum absolute atomic E-state index is 0.153. The van der Waals surface area contributed by atoms with E-state index in [1.54, 1.807) is 7.11 Å². The van der Waals surface area contributed by atoms with E-state index in [9.17, 15) is 4.79 Å². The fourth-order valence-electron chi connectivity index (χ4n) is 1.58. The first-order valence-corrected chi connectivity index (χ1v) is 6.77. The lowest BCUT2D eigenvalue weighted by Crippen LogP contribution is -2.43. The van der Waals surface area contributed by atoms with Crippen molar-refractivity contribution >= 4 is 23.2 Å². The summed E-state index contributed by atoms with van der Waals surface area (Å²) in [7, 11) is 1.65. The number of ether oxygens (including phenoxy) is 1. The Hall–Kier alpha value is -0.880. The van der Waals surface area contributed by atoms with Crippen LogP contribution in [0, 0.1) is 0 Å². The van der Waals surface area contributed by atoms with Crippen LogP contribution >= 0.6 is 12.2 Å². The quantitative estimate of drug-likeness (QED) is 0.640. The van der Waals surface area contributed by atoms with Gasteiger partial charge in [0.15, 0.2) is 5.11 Å². The van der Waals surface area contributed by atoms with Gasteiger partial charge in [0.25, 0.3) is 0 Å². The Bertz CT molecular complexity index is 258. The van der Waals surface area contributed by atoms with Crippen LogP contribution < -0.4 is 10.6 Å². The highest BCUT2D eigenvalue weighted by Gasteiger charge is 2.09. The summed E-state index contributed by atoms with van der Waals surface area (Å²) in [6.45, 7) is 8.60. The van der Waals surface area contributed by atoms with E-state index >= 15 is 0 Å². The second kappa shape index (κ2) is 10.1. The number of hydrogen-bond acceptors (Lipinski definition) is 3. The fourth-order valence-corrected chi connectivity index (χ4v) is 1.89. The summed E-state index contributed by atoms with van der Waals surface area (Å²) in [5, 5.41) is 6.67. The van der Waals surface area contributed by atoms with Crippen molar-refractivity contribution in [3.05, 3.63) is 0 Å². The van der Waals surface area contributed by atoms with Gasteiger partial charge in [-0.3, -0.25) is 4.79 Å². The van der Waals surface area contributed by atoms with E-state index in [1.165, 1.54) is 0 Å². The molecule has 0 saturated carbocycles. The van der Waals surface area contributed by atoms with Crippen LogP contribution in [0.4, 0.5) is 0 Å². The number of carbonyl (C=O) groups excluding carboxylic acids is 1. The highest BCUT2D eigenvalue weighted by molar-refractivity contribution is 7.80. The number of rotatable bonds is 8. The van der Waals surface area contributed by atoms with E-state index in [4.69, 9.17) is 17.0 Å². The van der Waals surface area contributed by atoms with Crippen molar-refractivity contribution in [3.63, 3.8) is 0 Å². The first-order chi connectivity index (χ1) is 8.54. The molecule has 0 aromatic carbocycles. The minimum atomic E-state index is 0.153. The van der Waals surface area contributed by atoms with Crippen molar-refractivity contribution < 1.29 is 9.53 Å². The lowest BCUT2D eigenvalue weighted by Gasteiger charge is -2.19. The van der Waals surface area contributed by atoms with Gasteiger partial charge in [-0.15, -0.1) is 0 Å². The molecule has 0 radical (unpaired) electrons. The molecular weight excluding hydrogens is 250 g/mol. The first kappa shape index (κ1) is 17.1. The van der Waals surface area contributed by atoms with Crippen molar-refractivity contribution in [2.45, 2.75) is 33.2 Å². The molecule has 0 bridgehead atoms. The van der Waals surface area contributed by atoms with Gasteiger partial charge in [0.1, 0.15) is 0 Å². The number of amides is 1. The Kier molecular flexibility index (Phi) is 9.59. The zero-order valence-corrected chi connectivity index (χ0v) is 12.6. The summed E-state index contributed by atoms with van der Waals surface area (Å²) >= 11 is 5.12. The van der Waals surface area contributed by atoms with Gasteiger partial charge in [-0.25, -0.2) is 0 Å². The molecule has 0 aliphatic carbocycles. The Balaban J connectivity index is 3.77. The standard InChI is InChI=1S/C12H25N3O2S/c1-5-15(6-2)11(16)7-8-13-12(18)14-10(3)9-17-4/h10H,5-9H2,1-4H3,(H2,13,14,18). The van der Waals surface area contributed by atoms with Crippen LogP contribution in [0.5, 0.6) is 0 Å². The summed E-state index contributed by atoms with van der Waals surface area (Å²) < 4.78 is 5.00. The van der Waals surface area contributed by atoms with Crippen molar-refractivity contribution in [1.82, 2.24) is 15.5 Å². The average molecular weight is 275 g/mol. The van der Waals surface area contributed by atoms with Gasteiger partial charge < -0.3 is 20.3 Å². The molecule has 0 saturated heterocycles. The molecule has 0 aliphatic rings. The van der Waals surface area contributed by atoms with Crippen molar-refractivity contribution in [3.8, 4) is 0 Å². The lowest BCUT2D eigenvalue weighted by atomic mass is 10.3. The zero-order chi connectivity index (χ0) is 14.0. The summed E-state index contributed by atoms with van der Waals surface area (Å²) in [6, 6.07) is 0.161. The number of carbonyl (C=O) groups is 1. The van der Waals surface area contributed by atoms with Gasteiger partial charge in [-0.2, -0.15) is 0 Å². The van der Waals surface area contributed by atoms with Crippen LogP contribution in [0.2, 0.25) is 0 Å². The Morgan fingerprint density at radius 2 is 2.00 bits per heavy atom. The van der Waals surface area contributed by atoms with E-state index in [-0.39, 0.29) is 11.9 Å². The lowest BCUT2D eigenvalue weighted by molar-refractivity contribution is -0.130. The van der Waals surface area contributed by atoms with E-state index in [2.05, 4.69) is 10.6 Å². The molecule has 106 valence electrons. The highest BCUT2D eigenvalue weighted by atomic mass is 32.1. The Labute approximate surface area is 115 Å². The maximum Gasteiger partial charge on any atom is 0.224 e. The van der Waals surface area contributed by atoms with Crippen molar-refractivity contribution in [2.75, 3.05) is 33.4 Å². The van der Waals surface area contributed by atoms with Crippen LogP contribution in [0.15, 0.2) is 0 Å². The highest BCUT2D eigenvalue weighted by Crippen LogP contribution is 1.92. The first-order valence-electron chi connectivity index (χ1n) is 6.36. The van der Waals surface area contributed by atoms with Gasteiger partial charge in [0.05, 0.1) is 6.61 Å². The maximum absolute atomic E-state index is 11.7. The van der Waals surface area contributed by atoms with Gasteiger partial charge >= 0.3 is 0 Å². The third-order valence-corrected chi connectivity index (χ3v) is 2.80. The van der Waals surface area contributed by atoms with E-state index < -0.39 is 0 Å². The summed E-state index contributed by atoms with van der Waals surface area (Å²) in [5.74, 6) is 0.153. The normalized spacial score (nSPS) is 11.8. The smallest absolute Gasteiger partial charge is 0.224 e. The molecule has 0 aromatic rings. The van der Waals surface area contributed by atoms with Crippen LogP contribution in [0.3, 0.4) is 0 Å². The van der Waals surface area contributed by atoms with Crippen LogP contribution in [0.25, 0.3) is 0 Å². The van der Waals surface area contributed by atoms with E-state index in [1.807, 2.05) is 25.7 Å². The molecule has 1 atom stereocenters. The number of nitrogens with zero attached hydrogens (tertiary/aromatic N) is 1. The molecule has 18 heavy (non-hydrogen) atoms. The number of methoxy groups -OCH3 is 1. The molecule has 0 spiro atoms. The largest absolute Gasteiger partial charge is 0.383 e. The number of thiocarbonyl (C=S) groups is 1. The zero-order valence-electron chi connectivity index (χ0n) is 11.8. The second-order valence-corrected chi connectivity index (χ2v) is 4.48. The molecule has 0 rings (SSSR count). The topological polar surface area (TPSA) is 53.6 Å². The van der Waals surface area contributed by atoms with Gasteiger partial charge in [-0.1, -0.05) is 0 Å². The molecule has 1 amide bonds. The Morgan fingerprint density at radius 1 is 1.39 bits per heavy atom. The van der Waals surface area contributed by atoms with E-state index in [0.29, 0.717) is 24.7 Å². The van der Waals surface area contributed by atoms with Crippen LogP contribution in [0.1, 0.15) is 27.2 Å². The molecule has 6 heteroatoms. The van der Waals surface area contributed by atoms with Crippen LogP contribution in [-0.4, -0.2) is 55.3 Å².